The third-order valence-corrected chi connectivity index (χ3v) is 4.12. The molecule has 0 heterocycles. The van der Waals surface area contributed by atoms with Crippen LogP contribution in [0.2, 0.25) is 0 Å². The topological polar surface area (TPSA) is 41.5 Å². The van der Waals surface area contributed by atoms with Crippen molar-refractivity contribution in [3.05, 3.63) is 29.3 Å². The van der Waals surface area contributed by atoms with Crippen molar-refractivity contribution < 1.29 is 9.84 Å². The molecule has 2 N–H and O–H groups in total. The molecular weight excluding hydrogens is 262 g/mol. The predicted molar refractivity (Wildman–Crippen MR) is 89.2 cm³/mol. The van der Waals surface area contributed by atoms with Crippen LogP contribution in [-0.4, -0.2) is 30.9 Å². The first kappa shape index (κ1) is 18.0. The second kappa shape index (κ2) is 7.28. The van der Waals surface area contributed by atoms with Gasteiger partial charge in [0.2, 0.25) is 0 Å². The summed E-state index contributed by atoms with van der Waals surface area (Å²) < 4.78 is 6.01. The minimum Gasteiger partial charge on any atom is -0.493 e. The predicted octanol–water partition coefficient (Wildman–Crippen LogP) is 3.29. The van der Waals surface area contributed by atoms with E-state index in [-0.39, 0.29) is 17.6 Å². The quantitative estimate of drug-likeness (QED) is 0.810. The van der Waals surface area contributed by atoms with Crippen LogP contribution in [0.4, 0.5) is 0 Å². The molecule has 1 unspecified atom stereocenters. The summed E-state index contributed by atoms with van der Waals surface area (Å²) in [6.45, 7) is 11.5. The van der Waals surface area contributed by atoms with Crippen molar-refractivity contribution in [3.8, 4) is 5.75 Å². The van der Waals surface area contributed by atoms with E-state index >= 15 is 0 Å². The van der Waals surface area contributed by atoms with E-state index in [1.165, 1.54) is 11.1 Å². The third-order valence-electron chi connectivity index (χ3n) is 4.12. The molecule has 0 saturated carbocycles. The lowest BCUT2D eigenvalue weighted by Gasteiger charge is -2.28. The van der Waals surface area contributed by atoms with Crippen molar-refractivity contribution in [2.45, 2.75) is 58.4 Å². The Bertz CT molecular complexity index is 445. The van der Waals surface area contributed by atoms with Gasteiger partial charge in [0, 0.05) is 12.0 Å². The van der Waals surface area contributed by atoms with Crippen molar-refractivity contribution in [2.24, 2.45) is 0 Å². The Morgan fingerprint density at radius 3 is 2.33 bits per heavy atom. The molecule has 0 aliphatic heterocycles. The van der Waals surface area contributed by atoms with Gasteiger partial charge in [-0.3, -0.25) is 0 Å². The van der Waals surface area contributed by atoms with Gasteiger partial charge in [0.05, 0.1) is 13.2 Å². The van der Waals surface area contributed by atoms with Gasteiger partial charge < -0.3 is 15.2 Å². The third kappa shape index (κ3) is 5.01. The largest absolute Gasteiger partial charge is 0.493 e. The summed E-state index contributed by atoms with van der Waals surface area (Å²) in [6, 6.07) is 6.46. The summed E-state index contributed by atoms with van der Waals surface area (Å²) in [4.78, 5) is 0. The second-order valence-electron chi connectivity index (χ2n) is 7.00. The van der Waals surface area contributed by atoms with Gasteiger partial charge in [-0.15, -0.1) is 0 Å². The highest BCUT2D eigenvalue weighted by Gasteiger charge is 2.22. The Morgan fingerprint density at radius 1 is 1.19 bits per heavy atom. The van der Waals surface area contributed by atoms with Crippen LogP contribution in [0.5, 0.6) is 5.75 Å². The van der Waals surface area contributed by atoms with E-state index in [1.807, 2.05) is 14.0 Å². The van der Waals surface area contributed by atoms with Gasteiger partial charge in [-0.05, 0) is 43.0 Å². The number of rotatable bonds is 7. The SMILES string of the molecule is CCc1ccc(OCCC(C)(CO)NC)c(C(C)(C)C)c1. The number of benzene rings is 1. The first-order valence-electron chi connectivity index (χ1n) is 7.81. The zero-order valence-electron chi connectivity index (χ0n) is 14.4. The zero-order chi connectivity index (χ0) is 16.1. The van der Waals surface area contributed by atoms with Crippen molar-refractivity contribution in [2.75, 3.05) is 20.3 Å². The van der Waals surface area contributed by atoms with Crippen molar-refractivity contribution in [3.63, 3.8) is 0 Å². The molecule has 0 radical (unpaired) electrons. The van der Waals surface area contributed by atoms with Crippen LogP contribution in [0.3, 0.4) is 0 Å². The van der Waals surface area contributed by atoms with E-state index in [4.69, 9.17) is 4.74 Å². The van der Waals surface area contributed by atoms with Crippen molar-refractivity contribution in [1.29, 1.82) is 0 Å². The average molecular weight is 293 g/mol. The fourth-order valence-corrected chi connectivity index (χ4v) is 2.18. The number of likely N-dealkylation sites (N-methyl/N-ethyl adjacent to an activating group) is 1. The van der Waals surface area contributed by atoms with Crippen LogP contribution < -0.4 is 10.1 Å². The first-order chi connectivity index (χ1) is 9.75. The van der Waals surface area contributed by atoms with Crippen LogP contribution in [0, 0.1) is 0 Å². The van der Waals surface area contributed by atoms with Gasteiger partial charge in [-0.1, -0.05) is 39.8 Å². The molecule has 0 amide bonds. The molecule has 1 aromatic rings. The van der Waals surface area contributed by atoms with Gasteiger partial charge in [0.25, 0.3) is 0 Å². The van der Waals surface area contributed by atoms with E-state index in [1.54, 1.807) is 0 Å². The van der Waals surface area contributed by atoms with Gasteiger partial charge in [0.15, 0.2) is 0 Å². The summed E-state index contributed by atoms with van der Waals surface area (Å²) in [5.41, 5.74) is 2.36. The fourth-order valence-electron chi connectivity index (χ4n) is 2.18. The molecule has 0 bridgehead atoms. The van der Waals surface area contributed by atoms with Crippen LogP contribution in [0.25, 0.3) is 0 Å². The number of ether oxygens (including phenoxy) is 1. The molecule has 0 aromatic heterocycles. The number of aliphatic hydroxyl groups is 1. The van der Waals surface area contributed by atoms with Crippen LogP contribution in [0.15, 0.2) is 18.2 Å². The minimum absolute atomic E-state index is 0.0593. The molecule has 120 valence electrons. The lowest BCUT2D eigenvalue weighted by atomic mass is 9.85. The van der Waals surface area contributed by atoms with Crippen LogP contribution >= 0.6 is 0 Å². The summed E-state index contributed by atoms with van der Waals surface area (Å²) in [5, 5.41) is 12.6. The highest BCUT2D eigenvalue weighted by molar-refractivity contribution is 5.41. The fraction of sp³-hybridized carbons (Fsp3) is 0.667. The van der Waals surface area contributed by atoms with E-state index in [0.717, 1.165) is 18.6 Å². The van der Waals surface area contributed by atoms with Gasteiger partial charge in [0.1, 0.15) is 5.75 Å². The molecule has 3 heteroatoms. The van der Waals surface area contributed by atoms with Gasteiger partial charge in [-0.25, -0.2) is 0 Å². The minimum atomic E-state index is -0.286. The molecule has 1 aromatic carbocycles. The summed E-state index contributed by atoms with van der Waals surface area (Å²) >= 11 is 0. The van der Waals surface area contributed by atoms with Crippen LogP contribution in [-0.2, 0) is 11.8 Å². The zero-order valence-corrected chi connectivity index (χ0v) is 14.4. The standard InChI is InChI=1S/C18H31NO2/c1-7-14-8-9-16(15(12-14)17(2,3)4)21-11-10-18(5,13-20)19-6/h8-9,12,19-20H,7,10-11,13H2,1-6H3. The Hall–Kier alpha value is -1.06. The monoisotopic (exact) mass is 293 g/mol. The lowest BCUT2D eigenvalue weighted by Crippen LogP contribution is -2.44. The molecule has 3 nitrogen and oxygen atoms in total. The summed E-state index contributed by atoms with van der Waals surface area (Å²) in [5.74, 6) is 0.955. The molecule has 0 aliphatic carbocycles. The lowest BCUT2D eigenvalue weighted by molar-refractivity contribution is 0.150. The molecule has 1 atom stereocenters. The maximum absolute atomic E-state index is 9.42. The van der Waals surface area contributed by atoms with Gasteiger partial charge in [-0.2, -0.15) is 0 Å². The number of nitrogens with one attached hydrogen (secondary N) is 1. The second-order valence-corrected chi connectivity index (χ2v) is 7.00. The van der Waals surface area contributed by atoms with Gasteiger partial charge >= 0.3 is 0 Å². The highest BCUT2D eigenvalue weighted by Crippen LogP contribution is 2.32. The smallest absolute Gasteiger partial charge is 0.123 e. The Labute approximate surface area is 129 Å². The normalized spacial score (nSPS) is 14.8. The highest BCUT2D eigenvalue weighted by atomic mass is 16.5. The Kier molecular flexibility index (Phi) is 6.24. The van der Waals surface area contributed by atoms with E-state index in [2.05, 4.69) is 51.2 Å². The molecule has 0 spiro atoms. The summed E-state index contributed by atoms with van der Waals surface area (Å²) in [6.07, 6.45) is 1.80. The number of aryl methyl sites for hydroxylation is 1. The van der Waals surface area contributed by atoms with E-state index in [9.17, 15) is 5.11 Å². The summed E-state index contributed by atoms with van der Waals surface area (Å²) in [7, 11) is 1.87. The number of hydrogen-bond acceptors (Lipinski definition) is 3. The molecule has 21 heavy (non-hydrogen) atoms. The van der Waals surface area contributed by atoms with E-state index in [0.29, 0.717) is 6.61 Å². The van der Waals surface area contributed by atoms with E-state index < -0.39 is 0 Å². The Balaban J connectivity index is 2.84. The molecular formula is C18H31NO2. The molecule has 0 fully saturated rings. The number of hydrogen-bond donors (Lipinski definition) is 2. The maximum Gasteiger partial charge on any atom is 0.123 e. The first-order valence-corrected chi connectivity index (χ1v) is 7.81. The number of aliphatic hydroxyl groups excluding tert-OH is 1. The van der Waals surface area contributed by atoms with Crippen LogP contribution in [0.1, 0.15) is 52.2 Å². The molecule has 0 saturated heterocycles. The molecule has 0 aliphatic rings. The Morgan fingerprint density at radius 2 is 1.86 bits per heavy atom. The van der Waals surface area contributed by atoms with Crippen molar-refractivity contribution in [1.82, 2.24) is 5.32 Å². The average Bonchev–Trinajstić information content (AvgIpc) is 2.46. The maximum atomic E-state index is 9.42. The van der Waals surface area contributed by atoms with Crippen molar-refractivity contribution >= 4 is 0 Å². The molecule has 1 rings (SSSR count).